The van der Waals surface area contributed by atoms with Crippen molar-refractivity contribution < 1.29 is 0 Å². The van der Waals surface area contributed by atoms with Gasteiger partial charge in [0.15, 0.2) is 0 Å². The van der Waals surface area contributed by atoms with Crippen molar-refractivity contribution in [2.75, 3.05) is 0 Å². The highest BCUT2D eigenvalue weighted by Crippen LogP contribution is 2.08. The number of benzene rings is 2. The van der Waals surface area contributed by atoms with Crippen LogP contribution >= 0.6 is 0 Å². The molecule has 0 saturated heterocycles. The highest BCUT2D eigenvalue weighted by molar-refractivity contribution is 5.80. The Labute approximate surface area is 120 Å². The largest absolute Gasteiger partial charge is 0.278 e. The average molecular weight is 276 g/mol. The molecule has 0 bridgehead atoms. The Hall–Kier alpha value is -3.06. The quantitative estimate of drug-likeness (QED) is 0.670. The van der Waals surface area contributed by atoms with Crippen LogP contribution in [0.3, 0.4) is 0 Å². The van der Waals surface area contributed by atoms with Crippen molar-refractivity contribution in [3.05, 3.63) is 75.3 Å². The first kappa shape index (κ1) is 12.9. The van der Waals surface area contributed by atoms with Crippen molar-refractivity contribution in [1.29, 1.82) is 0 Å². The standard InChI is InChI=1S/C17H12N2O2/c1-2-12-18-16(20)14-10-6-7-11-15(14)17(21)19(18)13-8-4-3-5-9-13/h1,3-11H,12H2. The van der Waals surface area contributed by atoms with Crippen molar-refractivity contribution in [2.24, 2.45) is 0 Å². The Morgan fingerprint density at radius 2 is 1.43 bits per heavy atom. The van der Waals surface area contributed by atoms with E-state index in [0.29, 0.717) is 16.5 Å². The molecule has 0 atom stereocenters. The molecule has 3 rings (SSSR count). The molecular formula is C17H12N2O2. The fraction of sp³-hybridized carbons (Fsp3) is 0.0588. The van der Waals surface area contributed by atoms with E-state index in [-0.39, 0.29) is 17.7 Å². The van der Waals surface area contributed by atoms with Crippen LogP contribution in [0.4, 0.5) is 0 Å². The lowest BCUT2D eigenvalue weighted by molar-refractivity contribution is 0.572. The van der Waals surface area contributed by atoms with Crippen molar-refractivity contribution >= 4 is 10.8 Å². The summed E-state index contributed by atoms with van der Waals surface area (Å²) in [6.07, 6.45) is 5.35. The summed E-state index contributed by atoms with van der Waals surface area (Å²) in [6, 6.07) is 15.8. The van der Waals surface area contributed by atoms with Gasteiger partial charge in [0.05, 0.1) is 16.5 Å². The third-order valence-corrected chi connectivity index (χ3v) is 3.30. The van der Waals surface area contributed by atoms with Crippen LogP contribution < -0.4 is 11.1 Å². The molecule has 4 nitrogen and oxygen atoms in total. The molecule has 1 aromatic heterocycles. The molecule has 0 amide bonds. The molecule has 0 saturated carbocycles. The van der Waals surface area contributed by atoms with Gasteiger partial charge in [0.2, 0.25) is 0 Å². The van der Waals surface area contributed by atoms with Crippen LogP contribution in [0.1, 0.15) is 0 Å². The fourth-order valence-electron chi connectivity index (χ4n) is 2.36. The smallest absolute Gasteiger partial charge is 0.267 e. The summed E-state index contributed by atoms with van der Waals surface area (Å²) in [5.74, 6) is 2.43. The van der Waals surface area contributed by atoms with E-state index in [1.54, 1.807) is 36.4 Å². The van der Waals surface area contributed by atoms with Crippen LogP contribution in [0.2, 0.25) is 0 Å². The molecule has 102 valence electrons. The van der Waals surface area contributed by atoms with Gasteiger partial charge in [-0.15, -0.1) is 6.42 Å². The van der Waals surface area contributed by atoms with E-state index in [4.69, 9.17) is 6.42 Å². The van der Waals surface area contributed by atoms with Crippen molar-refractivity contribution in [3.63, 3.8) is 0 Å². The minimum Gasteiger partial charge on any atom is -0.267 e. The Kier molecular flexibility index (Phi) is 3.17. The number of para-hydroxylation sites is 1. The van der Waals surface area contributed by atoms with Gasteiger partial charge in [-0.25, -0.2) is 9.36 Å². The number of hydrogen-bond acceptors (Lipinski definition) is 2. The van der Waals surface area contributed by atoms with Crippen LogP contribution in [0, 0.1) is 12.3 Å². The highest BCUT2D eigenvalue weighted by Gasteiger charge is 2.13. The number of rotatable bonds is 2. The van der Waals surface area contributed by atoms with Gasteiger partial charge >= 0.3 is 0 Å². The zero-order valence-corrected chi connectivity index (χ0v) is 11.2. The second kappa shape index (κ2) is 5.14. The first-order valence-corrected chi connectivity index (χ1v) is 6.48. The predicted octanol–water partition coefficient (Wildman–Crippen LogP) is 1.79. The summed E-state index contributed by atoms with van der Waals surface area (Å²) in [4.78, 5) is 25.3. The molecule has 0 N–H and O–H groups in total. The predicted molar refractivity (Wildman–Crippen MR) is 82.6 cm³/mol. The average Bonchev–Trinajstić information content (AvgIpc) is 2.54. The molecule has 21 heavy (non-hydrogen) atoms. The SMILES string of the molecule is C#CCn1c(=O)c2ccccc2c(=O)n1-c1ccccc1. The van der Waals surface area contributed by atoms with E-state index in [9.17, 15) is 9.59 Å². The van der Waals surface area contributed by atoms with Crippen LogP contribution in [-0.2, 0) is 6.54 Å². The minimum absolute atomic E-state index is 0.0355. The molecular weight excluding hydrogens is 264 g/mol. The number of hydrogen-bond donors (Lipinski definition) is 0. The molecule has 0 aliphatic carbocycles. The summed E-state index contributed by atoms with van der Waals surface area (Å²) in [5.41, 5.74) is 0.0826. The maximum atomic E-state index is 12.7. The van der Waals surface area contributed by atoms with Gasteiger partial charge in [-0.3, -0.25) is 9.59 Å². The maximum absolute atomic E-state index is 12.7. The third kappa shape index (κ3) is 2.05. The molecule has 0 fully saturated rings. The van der Waals surface area contributed by atoms with E-state index in [0.717, 1.165) is 0 Å². The van der Waals surface area contributed by atoms with Gasteiger partial charge in [-0.2, -0.15) is 0 Å². The first-order valence-electron chi connectivity index (χ1n) is 6.48. The Morgan fingerprint density at radius 1 is 0.857 bits per heavy atom. The lowest BCUT2D eigenvalue weighted by Crippen LogP contribution is -2.37. The zero-order valence-electron chi connectivity index (χ0n) is 11.2. The lowest BCUT2D eigenvalue weighted by atomic mass is 10.2. The van der Waals surface area contributed by atoms with Gasteiger partial charge in [0, 0.05) is 0 Å². The van der Waals surface area contributed by atoms with E-state index in [1.165, 1.54) is 9.36 Å². The molecule has 0 radical (unpaired) electrons. The third-order valence-electron chi connectivity index (χ3n) is 3.30. The second-order valence-corrected chi connectivity index (χ2v) is 4.57. The Bertz CT molecular complexity index is 960. The molecule has 2 aromatic carbocycles. The summed E-state index contributed by atoms with van der Waals surface area (Å²) in [5, 5.41) is 0.768. The first-order chi connectivity index (χ1) is 10.2. The van der Waals surface area contributed by atoms with Gasteiger partial charge < -0.3 is 0 Å². The van der Waals surface area contributed by atoms with E-state index in [1.807, 2.05) is 18.2 Å². The molecule has 1 heterocycles. The zero-order chi connectivity index (χ0) is 14.8. The van der Waals surface area contributed by atoms with Gasteiger partial charge in [-0.05, 0) is 24.3 Å². The summed E-state index contributed by atoms with van der Waals surface area (Å²) >= 11 is 0. The summed E-state index contributed by atoms with van der Waals surface area (Å²) in [6.45, 7) is 0.0355. The molecule has 3 aromatic rings. The number of fused-ring (bicyclic) bond motifs is 1. The van der Waals surface area contributed by atoms with Gasteiger partial charge in [-0.1, -0.05) is 36.3 Å². The minimum atomic E-state index is -0.271. The van der Waals surface area contributed by atoms with Crippen molar-refractivity contribution in [1.82, 2.24) is 9.36 Å². The monoisotopic (exact) mass is 276 g/mol. The van der Waals surface area contributed by atoms with E-state index < -0.39 is 0 Å². The highest BCUT2D eigenvalue weighted by atomic mass is 16.2. The number of nitrogens with zero attached hydrogens (tertiary/aromatic N) is 2. The topological polar surface area (TPSA) is 44.0 Å². The van der Waals surface area contributed by atoms with E-state index >= 15 is 0 Å². The van der Waals surface area contributed by atoms with Gasteiger partial charge in [0.25, 0.3) is 11.1 Å². The van der Waals surface area contributed by atoms with Crippen molar-refractivity contribution in [3.8, 4) is 18.0 Å². The summed E-state index contributed by atoms with van der Waals surface area (Å²) in [7, 11) is 0. The molecule has 4 heteroatoms. The molecule has 0 aliphatic rings. The molecule has 0 unspecified atom stereocenters. The van der Waals surface area contributed by atoms with E-state index in [2.05, 4.69) is 5.92 Å². The maximum Gasteiger partial charge on any atom is 0.278 e. The Balaban J connectivity index is 2.51. The number of aromatic nitrogens is 2. The number of terminal acetylenes is 1. The normalized spacial score (nSPS) is 10.4. The van der Waals surface area contributed by atoms with Crippen LogP contribution in [-0.4, -0.2) is 9.36 Å². The Morgan fingerprint density at radius 3 is 2.05 bits per heavy atom. The van der Waals surface area contributed by atoms with Gasteiger partial charge in [0.1, 0.15) is 6.54 Å². The van der Waals surface area contributed by atoms with Crippen LogP contribution in [0.15, 0.2) is 64.2 Å². The van der Waals surface area contributed by atoms with Crippen LogP contribution in [0.25, 0.3) is 16.5 Å². The lowest BCUT2D eigenvalue weighted by Gasteiger charge is -2.14. The molecule has 0 aliphatic heterocycles. The van der Waals surface area contributed by atoms with Crippen LogP contribution in [0.5, 0.6) is 0 Å². The fourth-order valence-corrected chi connectivity index (χ4v) is 2.36. The van der Waals surface area contributed by atoms with Crippen molar-refractivity contribution in [2.45, 2.75) is 6.54 Å². The summed E-state index contributed by atoms with van der Waals surface area (Å²) < 4.78 is 2.63. The molecule has 0 spiro atoms. The second-order valence-electron chi connectivity index (χ2n) is 4.57.